The molecular weight excluding hydrogens is 262 g/mol. The molecule has 2 rings (SSSR count). The Bertz CT molecular complexity index is 601. The SMILES string of the molecule is COC(=O)c1onc(-c2ccc(OC)cc2)c1[C@H](C)O. The molecule has 106 valence electrons. The smallest absolute Gasteiger partial charge is 0.377 e. The van der Waals surface area contributed by atoms with Crippen LogP contribution < -0.4 is 4.74 Å². The molecule has 20 heavy (non-hydrogen) atoms. The van der Waals surface area contributed by atoms with Crippen LogP contribution in [0.3, 0.4) is 0 Å². The average Bonchev–Trinajstić information content (AvgIpc) is 2.91. The van der Waals surface area contributed by atoms with Crippen molar-refractivity contribution in [2.24, 2.45) is 0 Å². The largest absolute Gasteiger partial charge is 0.497 e. The number of rotatable bonds is 4. The summed E-state index contributed by atoms with van der Waals surface area (Å²) in [6.07, 6.45) is -0.910. The first-order chi connectivity index (χ1) is 9.58. The van der Waals surface area contributed by atoms with E-state index in [0.717, 1.165) is 0 Å². The van der Waals surface area contributed by atoms with E-state index in [4.69, 9.17) is 9.26 Å². The Morgan fingerprint density at radius 2 is 1.95 bits per heavy atom. The van der Waals surface area contributed by atoms with Crippen LogP contribution in [0.5, 0.6) is 5.75 Å². The molecule has 0 aliphatic carbocycles. The third-order valence-electron chi connectivity index (χ3n) is 2.88. The van der Waals surface area contributed by atoms with Crippen LogP contribution in [-0.2, 0) is 4.74 Å². The van der Waals surface area contributed by atoms with Crippen LogP contribution >= 0.6 is 0 Å². The lowest BCUT2D eigenvalue weighted by Crippen LogP contribution is -2.05. The van der Waals surface area contributed by atoms with Crippen molar-refractivity contribution in [2.45, 2.75) is 13.0 Å². The van der Waals surface area contributed by atoms with Crippen LogP contribution in [0.2, 0.25) is 0 Å². The van der Waals surface area contributed by atoms with E-state index in [1.54, 1.807) is 31.4 Å². The molecule has 0 radical (unpaired) electrons. The Morgan fingerprint density at radius 1 is 1.30 bits per heavy atom. The third-order valence-corrected chi connectivity index (χ3v) is 2.88. The summed E-state index contributed by atoms with van der Waals surface area (Å²) in [5.74, 6) is -0.0643. The molecule has 1 atom stereocenters. The van der Waals surface area contributed by atoms with Crippen molar-refractivity contribution in [1.82, 2.24) is 5.16 Å². The van der Waals surface area contributed by atoms with Crippen molar-refractivity contribution in [1.29, 1.82) is 0 Å². The van der Waals surface area contributed by atoms with E-state index in [1.807, 2.05) is 0 Å². The summed E-state index contributed by atoms with van der Waals surface area (Å²) < 4.78 is 14.7. The highest BCUT2D eigenvalue weighted by Crippen LogP contribution is 2.31. The van der Waals surface area contributed by atoms with Gasteiger partial charge in [-0.25, -0.2) is 4.79 Å². The molecule has 0 fully saturated rings. The summed E-state index contributed by atoms with van der Waals surface area (Å²) in [4.78, 5) is 11.6. The number of aliphatic hydroxyl groups is 1. The van der Waals surface area contributed by atoms with Gasteiger partial charge in [-0.1, -0.05) is 5.16 Å². The Hall–Kier alpha value is -2.34. The van der Waals surface area contributed by atoms with Gasteiger partial charge in [-0.3, -0.25) is 0 Å². The van der Waals surface area contributed by atoms with Crippen molar-refractivity contribution < 1.29 is 23.9 Å². The van der Waals surface area contributed by atoms with Gasteiger partial charge in [0.2, 0.25) is 0 Å². The normalized spacial score (nSPS) is 12.0. The fourth-order valence-corrected chi connectivity index (χ4v) is 1.88. The molecule has 0 unspecified atom stereocenters. The monoisotopic (exact) mass is 277 g/mol. The first kappa shape index (κ1) is 14.1. The lowest BCUT2D eigenvalue weighted by Gasteiger charge is -2.06. The highest BCUT2D eigenvalue weighted by molar-refractivity contribution is 5.90. The first-order valence-electron chi connectivity index (χ1n) is 5.98. The maximum Gasteiger partial charge on any atom is 0.377 e. The zero-order chi connectivity index (χ0) is 14.7. The van der Waals surface area contributed by atoms with Crippen molar-refractivity contribution in [2.75, 3.05) is 14.2 Å². The maximum atomic E-state index is 11.6. The summed E-state index contributed by atoms with van der Waals surface area (Å²) in [6, 6.07) is 7.05. The van der Waals surface area contributed by atoms with Gasteiger partial charge in [0.15, 0.2) is 0 Å². The number of esters is 1. The molecule has 1 aromatic carbocycles. The molecule has 1 aromatic heterocycles. The first-order valence-corrected chi connectivity index (χ1v) is 5.98. The third kappa shape index (κ3) is 2.50. The van der Waals surface area contributed by atoms with Gasteiger partial charge < -0.3 is 19.1 Å². The molecule has 0 aliphatic heterocycles. The number of methoxy groups -OCH3 is 2. The van der Waals surface area contributed by atoms with E-state index in [9.17, 15) is 9.90 Å². The minimum Gasteiger partial charge on any atom is -0.497 e. The zero-order valence-electron chi connectivity index (χ0n) is 11.4. The van der Waals surface area contributed by atoms with Gasteiger partial charge in [0.25, 0.3) is 5.76 Å². The average molecular weight is 277 g/mol. The van der Waals surface area contributed by atoms with E-state index in [2.05, 4.69) is 9.89 Å². The highest BCUT2D eigenvalue weighted by Gasteiger charge is 2.26. The molecule has 0 aliphatic rings. The predicted octanol–water partition coefficient (Wildman–Crippen LogP) is 2.19. The van der Waals surface area contributed by atoms with Crippen LogP contribution in [0.1, 0.15) is 29.1 Å². The number of hydrogen-bond donors (Lipinski definition) is 1. The number of ether oxygens (including phenoxy) is 2. The molecular formula is C14H15NO5. The van der Waals surface area contributed by atoms with Crippen molar-refractivity contribution in [3.05, 3.63) is 35.6 Å². The second kappa shape index (κ2) is 5.75. The molecule has 1 heterocycles. The summed E-state index contributed by atoms with van der Waals surface area (Å²) >= 11 is 0. The number of benzene rings is 1. The van der Waals surface area contributed by atoms with Gasteiger partial charge in [0, 0.05) is 5.56 Å². The molecule has 2 aromatic rings. The van der Waals surface area contributed by atoms with E-state index >= 15 is 0 Å². The van der Waals surface area contributed by atoms with E-state index in [-0.39, 0.29) is 5.76 Å². The Morgan fingerprint density at radius 3 is 2.45 bits per heavy atom. The fourth-order valence-electron chi connectivity index (χ4n) is 1.88. The molecule has 1 N–H and O–H groups in total. The van der Waals surface area contributed by atoms with Crippen molar-refractivity contribution >= 4 is 5.97 Å². The lowest BCUT2D eigenvalue weighted by atomic mass is 10.0. The van der Waals surface area contributed by atoms with E-state index < -0.39 is 12.1 Å². The minimum atomic E-state index is -0.910. The Kier molecular flexibility index (Phi) is 4.05. The number of carbonyl (C=O) groups excluding carboxylic acids is 1. The van der Waals surface area contributed by atoms with E-state index in [1.165, 1.54) is 14.0 Å². The van der Waals surface area contributed by atoms with Crippen LogP contribution in [-0.4, -0.2) is 30.5 Å². The van der Waals surface area contributed by atoms with Gasteiger partial charge in [0.05, 0.1) is 25.9 Å². The molecule has 6 nitrogen and oxygen atoms in total. The molecule has 6 heteroatoms. The van der Waals surface area contributed by atoms with Crippen LogP contribution in [0.4, 0.5) is 0 Å². The van der Waals surface area contributed by atoms with Crippen molar-refractivity contribution in [3.8, 4) is 17.0 Å². The number of carbonyl (C=O) groups is 1. The van der Waals surface area contributed by atoms with Crippen LogP contribution in [0, 0.1) is 0 Å². The number of aromatic nitrogens is 1. The summed E-state index contributed by atoms with van der Waals surface area (Å²) in [6.45, 7) is 1.53. The Balaban J connectivity index is 2.50. The number of nitrogens with zero attached hydrogens (tertiary/aromatic N) is 1. The van der Waals surface area contributed by atoms with Gasteiger partial charge in [-0.2, -0.15) is 0 Å². The minimum absolute atomic E-state index is 0.0895. The predicted molar refractivity (Wildman–Crippen MR) is 70.5 cm³/mol. The quantitative estimate of drug-likeness (QED) is 0.863. The molecule has 0 saturated heterocycles. The second-order valence-corrected chi connectivity index (χ2v) is 4.17. The molecule has 0 amide bonds. The van der Waals surface area contributed by atoms with Gasteiger partial charge in [0.1, 0.15) is 11.4 Å². The molecule has 0 bridgehead atoms. The highest BCUT2D eigenvalue weighted by atomic mass is 16.5. The summed E-state index contributed by atoms with van der Waals surface area (Å²) in [5.41, 5.74) is 1.42. The second-order valence-electron chi connectivity index (χ2n) is 4.17. The molecule has 0 saturated carbocycles. The lowest BCUT2D eigenvalue weighted by molar-refractivity contribution is 0.0546. The molecule has 0 spiro atoms. The van der Waals surface area contributed by atoms with Gasteiger partial charge >= 0.3 is 5.97 Å². The maximum absolute atomic E-state index is 11.6. The standard InChI is InChI=1S/C14H15NO5/c1-8(16)11-12(15-20-13(11)14(17)19-3)9-4-6-10(18-2)7-5-9/h4-8,16H,1-3H3/t8-/m0/s1. The summed E-state index contributed by atoms with van der Waals surface area (Å²) in [7, 11) is 2.81. The van der Waals surface area contributed by atoms with Gasteiger partial charge in [-0.15, -0.1) is 0 Å². The Labute approximate surface area is 115 Å². The van der Waals surface area contributed by atoms with Crippen LogP contribution in [0.15, 0.2) is 28.8 Å². The number of aliphatic hydroxyl groups excluding tert-OH is 1. The van der Waals surface area contributed by atoms with Crippen LogP contribution in [0.25, 0.3) is 11.3 Å². The van der Waals surface area contributed by atoms with Gasteiger partial charge in [-0.05, 0) is 31.2 Å². The fraction of sp³-hybridized carbons (Fsp3) is 0.286. The van der Waals surface area contributed by atoms with E-state index in [0.29, 0.717) is 22.6 Å². The zero-order valence-corrected chi connectivity index (χ0v) is 11.4. The van der Waals surface area contributed by atoms with Crippen molar-refractivity contribution in [3.63, 3.8) is 0 Å². The summed E-state index contributed by atoms with van der Waals surface area (Å²) in [5, 5.41) is 13.7. The number of hydrogen-bond acceptors (Lipinski definition) is 6. The topological polar surface area (TPSA) is 81.8 Å².